The third kappa shape index (κ3) is 5.66. The van der Waals surface area contributed by atoms with E-state index in [-0.39, 0.29) is 36.6 Å². The Balaban J connectivity index is 1.09. The van der Waals surface area contributed by atoms with Gasteiger partial charge in [0.1, 0.15) is 11.9 Å². The van der Waals surface area contributed by atoms with Crippen LogP contribution < -0.4 is 4.74 Å². The average Bonchev–Trinajstić information content (AvgIpc) is 3.26. The number of hydrogen-bond donors (Lipinski definition) is 1. The van der Waals surface area contributed by atoms with Gasteiger partial charge in [0, 0.05) is 36.3 Å². The molecule has 4 atom stereocenters. The Bertz CT molecular complexity index is 1060. The first-order valence-corrected chi connectivity index (χ1v) is 12.2. The molecule has 1 aliphatic carbocycles. The number of halogens is 3. The van der Waals surface area contributed by atoms with Gasteiger partial charge in [-0.25, -0.2) is 0 Å². The Morgan fingerprint density at radius 1 is 1.23 bits per heavy atom. The molecule has 2 aromatic rings. The highest BCUT2D eigenvalue weighted by Crippen LogP contribution is 2.42. The number of rotatable bonds is 7. The fraction of sp³-hybridized carbons (Fsp3) is 0.625. The van der Waals surface area contributed by atoms with Gasteiger partial charge < -0.3 is 23.7 Å². The molecule has 35 heavy (non-hydrogen) atoms. The van der Waals surface area contributed by atoms with E-state index in [4.69, 9.17) is 25.5 Å². The molecule has 0 amide bonds. The van der Waals surface area contributed by atoms with E-state index in [0.29, 0.717) is 54.0 Å². The van der Waals surface area contributed by atoms with Crippen molar-refractivity contribution >= 4 is 17.4 Å². The molecule has 11 heteroatoms. The lowest BCUT2D eigenvalue weighted by molar-refractivity contribution is -0.265. The molecular formula is C24H27ClF2N2O6. The highest BCUT2D eigenvalue weighted by atomic mass is 35.5. The number of carbonyl (C=O) groups is 1. The van der Waals surface area contributed by atoms with Gasteiger partial charge in [-0.1, -0.05) is 11.6 Å². The van der Waals surface area contributed by atoms with Crippen LogP contribution in [0.3, 0.4) is 0 Å². The summed E-state index contributed by atoms with van der Waals surface area (Å²) in [5.74, 6) is 1.11. The Kier molecular flexibility index (Phi) is 6.82. The minimum Gasteiger partial charge on any atom is -0.482 e. The van der Waals surface area contributed by atoms with E-state index in [1.807, 2.05) is 0 Å². The number of fused-ring (bicyclic) bond motifs is 1. The van der Waals surface area contributed by atoms with Gasteiger partial charge in [-0.05, 0) is 49.8 Å². The van der Waals surface area contributed by atoms with Crippen LogP contribution in [0.4, 0.5) is 8.78 Å². The number of hydrogen-bond acceptors (Lipinski definition) is 8. The maximum absolute atomic E-state index is 12.9. The third-order valence-electron chi connectivity index (χ3n) is 6.81. The quantitative estimate of drug-likeness (QED) is 0.558. The first kappa shape index (κ1) is 24.5. The van der Waals surface area contributed by atoms with Gasteiger partial charge in [0.05, 0.1) is 18.8 Å². The lowest BCUT2D eigenvalue weighted by atomic mass is 9.82. The SMILES string of the molecule is CC(F)(F)OC1CC(c2nnc([C@@H]3CC[C@@H](CC(=O)[C@H]4C[C@@H](O)c5cc(Cl)ccc5O4)CO3)o2)C1. The smallest absolute Gasteiger partial charge is 0.353 e. The van der Waals surface area contributed by atoms with Crippen LogP contribution in [-0.2, 0) is 14.3 Å². The summed E-state index contributed by atoms with van der Waals surface area (Å²) in [5, 5.41) is 19.1. The fourth-order valence-corrected chi connectivity index (χ4v) is 5.07. The summed E-state index contributed by atoms with van der Waals surface area (Å²) in [4.78, 5) is 12.9. The van der Waals surface area contributed by atoms with Crippen molar-refractivity contribution in [2.75, 3.05) is 6.61 Å². The van der Waals surface area contributed by atoms with Gasteiger partial charge >= 0.3 is 6.11 Å². The molecule has 0 bridgehead atoms. The van der Waals surface area contributed by atoms with Crippen molar-refractivity contribution in [3.05, 3.63) is 40.6 Å². The average molecular weight is 513 g/mol. The van der Waals surface area contributed by atoms with Crippen LogP contribution in [-0.4, -0.2) is 46.0 Å². The number of alkyl halides is 2. The first-order valence-electron chi connectivity index (χ1n) is 11.8. The maximum Gasteiger partial charge on any atom is 0.353 e. The summed E-state index contributed by atoms with van der Waals surface area (Å²) in [6.07, 6.45) is -2.88. The van der Waals surface area contributed by atoms with Crippen LogP contribution in [0, 0.1) is 5.92 Å². The van der Waals surface area contributed by atoms with Crippen molar-refractivity contribution in [1.82, 2.24) is 10.2 Å². The van der Waals surface area contributed by atoms with Crippen molar-refractivity contribution in [3.63, 3.8) is 0 Å². The van der Waals surface area contributed by atoms with Crippen LogP contribution in [0.2, 0.25) is 5.02 Å². The Labute approximate surface area is 205 Å². The van der Waals surface area contributed by atoms with Crippen molar-refractivity contribution < 1.29 is 37.3 Å². The molecule has 0 unspecified atom stereocenters. The van der Waals surface area contributed by atoms with E-state index in [9.17, 15) is 18.7 Å². The van der Waals surface area contributed by atoms with Gasteiger partial charge in [-0.15, -0.1) is 10.2 Å². The number of Topliss-reactive ketones (excluding diaryl/α,β-unsaturated/α-hetero) is 1. The lowest BCUT2D eigenvalue weighted by Gasteiger charge is -2.34. The van der Waals surface area contributed by atoms with Gasteiger partial charge in [0.15, 0.2) is 11.9 Å². The molecular weight excluding hydrogens is 486 g/mol. The number of aliphatic hydroxyl groups excluding tert-OH is 1. The van der Waals surface area contributed by atoms with Crippen LogP contribution in [0.1, 0.15) is 80.9 Å². The zero-order valence-electron chi connectivity index (χ0n) is 19.2. The van der Waals surface area contributed by atoms with Crippen molar-refractivity contribution in [1.29, 1.82) is 0 Å². The number of ketones is 1. The van der Waals surface area contributed by atoms with Gasteiger partial charge in [0.25, 0.3) is 0 Å². The Hall–Kier alpha value is -2.14. The zero-order chi connectivity index (χ0) is 24.7. The van der Waals surface area contributed by atoms with E-state index in [1.54, 1.807) is 18.2 Å². The predicted molar refractivity (Wildman–Crippen MR) is 118 cm³/mol. The number of benzene rings is 1. The first-order chi connectivity index (χ1) is 16.6. The lowest BCUT2D eigenvalue weighted by Crippen LogP contribution is -2.35. The molecule has 1 saturated heterocycles. The largest absolute Gasteiger partial charge is 0.482 e. The van der Waals surface area contributed by atoms with Crippen LogP contribution in [0.25, 0.3) is 0 Å². The normalized spacial score (nSPS) is 30.8. The van der Waals surface area contributed by atoms with E-state index in [0.717, 1.165) is 13.3 Å². The number of aromatic nitrogens is 2. The van der Waals surface area contributed by atoms with Crippen LogP contribution in [0.15, 0.2) is 22.6 Å². The molecule has 0 spiro atoms. The monoisotopic (exact) mass is 512 g/mol. The standard InChI is InChI=1S/C24H27ClF2N2O6/c1-24(26,27)35-15-7-13(8-15)22-28-29-23(34-22)20-4-2-12(11-32-20)6-18(31)21-10-17(30)16-9-14(25)3-5-19(16)33-21/h3,5,9,12-13,15,17,20-21,30H,2,4,6-8,10-11H2,1H3/t12-,13?,15?,17+,20-,21+/m0/s1. The molecule has 1 aromatic carbocycles. The minimum absolute atomic E-state index is 0.0220. The molecule has 1 N–H and O–H groups in total. The molecule has 1 aromatic heterocycles. The second-order valence-electron chi connectivity index (χ2n) is 9.67. The highest BCUT2D eigenvalue weighted by Gasteiger charge is 2.40. The van der Waals surface area contributed by atoms with E-state index in [1.165, 1.54) is 0 Å². The van der Waals surface area contributed by atoms with Gasteiger partial charge in [-0.2, -0.15) is 8.78 Å². The molecule has 2 aliphatic heterocycles. The second-order valence-corrected chi connectivity index (χ2v) is 10.1. The summed E-state index contributed by atoms with van der Waals surface area (Å²) >= 11 is 5.99. The number of ether oxygens (including phenoxy) is 3. The summed E-state index contributed by atoms with van der Waals surface area (Å²) in [7, 11) is 0. The summed E-state index contributed by atoms with van der Waals surface area (Å²) < 4.78 is 48.0. The molecule has 5 rings (SSSR count). The van der Waals surface area contributed by atoms with E-state index >= 15 is 0 Å². The van der Waals surface area contributed by atoms with Gasteiger partial charge in [-0.3, -0.25) is 4.79 Å². The molecule has 8 nitrogen and oxygen atoms in total. The van der Waals surface area contributed by atoms with Crippen LogP contribution in [0.5, 0.6) is 5.75 Å². The predicted octanol–water partition coefficient (Wildman–Crippen LogP) is 4.91. The second kappa shape index (κ2) is 9.72. The number of nitrogens with zero attached hydrogens (tertiary/aromatic N) is 2. The third-order valence-corrected chi connectivity index (χ3v) is 7.04. The van der Waals surface area contributed by atoms with Crippen LogP contribution >= 0.6 is 11.6 Å². The van der Waals surface area contributed by atoms with Gasteiger partial charge in [0.2, 0.25) is 11.8 Å². The maximum atomic E-state index is 12.9. The minimum atomic E-state index is -3.15. The Morgan fingerprint density at radius 3 is 2.71 bits per heavy atom. The summed E-state index contributed by atoms with van der Waals surface area (Å²) in [6.45, 7) is 1.09. The molecule has 0 radical (unpaired) electrons. The van der Waals surface area contributed by atoms with Crippen molar-refractivity contribution in [3.8, 4) is 5.75 Å². The van der Waals surface area contributed by atoms with E-state index in [2.05, 4.69) is 14.9 Å². The Morgan fingerprint density at radius 2 is 2.00 bits per heavy atom. The topological polar surface area (TPSA) is 104 Å². The highest BCUT2D eigenvalue weighted by molar-refractivity contribution is 6.30. The van der Waals surface area contributed by atoms with E-state index < -0.39 is 24.4 Å². The molecule has 3 aliphatic rings. The fourth-order valence-electron chi connectivity index (χ4n) is 4.89. The zero-order valence-corrected chi connectivity index (χ0v) is 19.9. The molecule has 1 saturated carbocycles. The number of aliphatic hydroxyl groups is 1. The summed E-state index contributed by atoms with van der Waals surface area (Å²) in [6, 6.07) is 4.99. The van der Waals surface area contributed by atoms with Crippen molar-refractivity contribution in [2.45, 2.75) is 81.9 Å². The molecule has 190 valence electrons. The summed E-state index contributed by atoms with van der Waals surface area (Å²) in [5.41, 5.74) is 0.595. The molecule has 3 heterocycles. The molecule has 2 fully saturated rings. The number of carbonyl (C=O) groups excluding carboxylic acids is 1. The van der Waals surface area contributed by atoms with Crippen molar-refractivity contribution in [2.24, 2.45) is 5.92 Å².